The summed E-state index contributed by atoms with van der Waals surface area (Å²) in [7, 11) is 0. The van der Waals surface area contributed by atoms with Crippen molar-refractivity contribution in [3.8, 4) is 11.5 Å². The second kappa shape index (κ2) is 51.9. The summed E-state index contributed by atoms with van der Waals surface area (Å²) in [4.78, 5) is 0. The number of halogens is 3. The molecule has 0 bridgehead atoms. The first-order chi connectivity index (χ1) is 50.4. The number of aliphatic hydroxyl groups is 2. The van der Waals surface area contributed by atoms with Crippen LogP contribution >= 0.6 is 11.6 Å². The van der Waals surface area contributed by atoms with Crippen molar-refractivity contribution < 1.29 is 28.5 Å². The minimum atomic E-state index is -0.225. The van der Waals surface area contributed by atoms with Gasteiger partial charge in [0.2, 0.25) is 0 Å². The normalized spacial score (nSPS) is 10.7. The number of hydrogen-bond donors (Lipinski definition) is 2. The molecule has 9 rings (SSSR count). The van der Waals surface area contributed by atoms with Crippen molar-refractivity contribution in [3.63, 3.8) is 0 Å². The molecule has 0 radical (unpaired) electrons. The lowest BCUT2D eigenvalue weighted by molar-refractivity contribution is 0.267. The number of ether oxygens (including phenoxy) is 2. The Balaban J connectivity index is 0.000000603. The first kappa shape index (κ1) is 97.7. The number of para-hydroxylation sites is 1. The molecule has 9 aromatic carbocycles. The van der Waals surface area contributed by atoms with Crippen LogP contribution in [0.25, 0.3) is 0 Å². The zero-order valence-corrected chi connectivity index (χ0v) is 72.9. The molecule has 7 heteroatoms. The number of rotatable bonds is 18. The van der Waals surface area contributed by atoms with Crippen LogP contribution in [-0.2, 0) is 26.1 Å². The summed E-state index contributed by atoms with van der Waals surface area (Å²) in [5, 5.41) is 18.9. The fraction of sp³-hybridized carbons (Fsp3) is 0.460. The van der Waals surface area contributed by atoms with Gasteiger partial charge in [0.1, 0.15) is 23.1 Å². The average molecular weight is 1480 g/mol. The van der Waals surface area contributed by atoms with Gasteiger partial charge in [-0.3, -0.25) is 0 Å². The Bertz CT molecular complexity index is 3670. The lowest BCUT2D eigenvalue weighted by Gasteiger charge is -2.17. The van der Waals surface area contributed by atoms with Crippen molar-refractivity contribution in [2.75, 3.05) is 13.2 Å². The molecule has 4 nitrogen and oxygen atoms in total. The van der Waals surface area contributed by atoms with Crippen molar-refractivity contribution in [2.45, 2.75) is 287 Å². The van der Waals surface area contributed by atoms with Gasteiger partial charge < -0.3 is 19.7 Å². The van der Waals surface area contributed by atoms with E-state index in [4.69, 9.17) is 31.3 Å². The summed E-state index contributed by atoms with van der Waals surface area (Å²) in [5.41, 5.74) is 25.2. The highest BCUT2D eigenvalue weighted by atomic mass is 35.5. The predicted molar refractivity (Wildman–Crippen MR) is 465 cm³/mol. The largest absolute Gasteiger partial charge is 0.494 e. The third-order valence-corrected chi connectivity index (χ3v) is 18.9. The summed E-state index contributed by atoms with van der Waals surface area (Å²) in [6.45, 7) is 66.0. The van der Waals surface area contributed by atoms with Crippen LogP contribution in [0.15, 0.2) is 176 Å². The maximum atomic E-state index is 13.2. The molecule has 0 atom stereocenters. The molecule has 0 saturated heterocycles. The van der Waals surface area contributed by atoms with E-state index in [9.17, 15) is 8.78 Å². The average Bonchev–Trinajstić information content (AvgIpc) is 0.733. The molecule has 0 aromatic heterocycles. The van der Waals surface area contributed by atoms with Gasteiger partial charge in [-0.1, -0.05) is 310 Å². The van der Waals surface area contributed by atoms with E-state index in [0.29, 0.717) is 58.5 Å². The SMILES string of the molecule is CC(C)c1c(F)cccc1CO.CCOc1ccccc1C(C)C.CCc1cccc(CC)c1C(C)C.Cc1cccc(C)c1C(C)C.Cc1cccc(CO)c1C(C)C.Cc1cccc(Cl)c1C(C)C.Cc1cccc(F)c1C(C)C.Cc1cccc(OCC(C)C)c1C(C)C.Cc1ccccc1C(C)C. The third-order valence-electron chi connectivity index (χ3n) is 18.6. The second-order valence-electron chi connectivity index (χ2n) is 31.1. The van der Waals surface area contributed by atoms with Crippen LogP contribution in [0.4, 0.5) is 8.78 Å². The van der Waals surface area contributed by atoms with Crippen LogP contribution < -0.4 is 9.47 Å². The fourth-order valence-corrected chi connectivity index (χ4v) is 14.3. The smallest absolute Gasteiger partial charge is 0.127 e. The first-order valence-corrected chi connectivity index (χ1v) is 40.0. The topological polar surface area (TPSA) is 58.9 Å². The van der Waals surface area contributed by atoms with Gasteiger partial charge >= 0.3 is 0 Å². The van der Waals surface area contributed by atoms with Crippen molar-refractivity contribution >= 4 is 11.6 Å². The summed E-state index contributed by atoms with van der Waals surface area (Å²) >= 11 is 6.02. The quantitative estimate of drug-likeness (QED) is 0.0899. The van der Waals surface area contributed by atoms with E-state index in [1.54, 1.807) is 23.8 Å². The van der Waals surface area contributed by atoms with E-state index in [2.05, 4.69) is 269 Å². The van der Waals surface area contributed by atoms with E-state index in [1.807, 2.05) is 84.0 Å². The van der Waals surface area contributed by atoms with Gasteiger partial charge in [0.25, 0.3) is 0 Å². The van der Waals surface area contributed by atoms with E-state index >= 15 is 0 Å². The van der Waals surface area contributed by atoms with Crippen LogP contribution in [-0.4, -0.2) is 23.4 Å². The van der Waals surface area contributed by atoms with Gasteiger partial charge in [0.15, 0.2) is 0 Å². The fourth-order valence-electron chi connectivity index (χ4n) is 13.8. The number of aliphatic hydroxyl groups excluding tert-OH is 2. The molecule has 0 fully saturated rings. The molecule has 0 saturated carbocycles. The number of aryl methyl sites for hydroxylation is 9. The van der Waals surface area contributed by atoms with Crippen molar-refractivity contribution in [1.82, 2.24) is 0 Å². The minimum absolute atomic E-state index is 0.0833. The maximum Gasteiger partial charge on any atom is 0.127 e. The lowest BCUT2D eigenvalue weighted by atomic mass is 9.90. The monoisotopic (exact) mass is 1480 g/mol. The summed E-state index contributed by atoms with van der Waals surface area (Å²) in [5.74, 6) is 6.77. The van der Waals surface area contributed by atoms with E-state index in [-0.39, 0.29) is 36.7 Å². The van der Waals surface area contributed by atoms with Crippen LogP contribution in [0.1, 0.15) is 324 Å². The molecule has 0 spiro atoms. The Morgan fingerprint density at radius 3 is 0.953 bits per heavy atom. The van der Waals surface area contributed by atoms with E-state index in [1.165, 1.54) is 90.0 Å². The first-order valence-electron chi connectivity index (χ1n) is 39.6. The molecule has 588 valence electrons. The highest BCUT2D eigenvalue weighted by Crippen LogP contribution is 2.32. The maximum absolute atomic E-state index is 13.2. The zero-order valence-electron chi connectivity index (χ0n) is 72.1. The molecular weight excluding hydrogens is 1340 g/mol. The Morgan fingerprint density at radius 2 is 0.607 bits per heavy atom. The zero-order chi connectivity index (χ0) is 81.4. The number of hydrogen-bond acceptors (Lipinski definition) is 4. The van der Waals surface area contributed by atoms with Crippen molar-refractivity contribution in [1.29, 1.82) is 0 Å². The predicted octanol–water partition coefficient (Wildman–Crippen LogP) is 29.9. The van der Waals surface area contributed by atoms with Gasteiger partial charge in [-0.25, -0.2) is 8.78 Å². The summed E-state index contributed by atoms with van der Waals surface area (Å²) in [6, 6.07) is 58.3. The third kappa shape index (κ3) is 34.0. The van der Waals surface area contributed by atoms with Crippen LogP contribution in [0, 0.1) is 66.0 Å². The van der Waals surface area contributed by atoms with Crippen molar-refractivity contribution in [2.24, 2.45) is 5.92 Å². The molecule has 0 aliphatic rings. The standard InChI is InChI=1S/C14H22O.C13H20.2C11H16O.C11H16.C10H13Cl.C10H13FO.C10H13F.C10H14/c1-10(2)9-15-13-8-6-7-12(5)14(13)11(3)4;1-5-11-8-7-9-12(6-2)13(11)10(3)4;1-8(2)11-9(3)5-4-6-10(11)7-12;1-4-12-11-8-6-5-7-10(11)9(2)3;1-8(2)11-9(3)6-5-7-10(11)4;1-7(2)10-8(3)5-4-6-9(10)11;1-7(2)10-8(6-12)4-3-5-9(10)11;1-7(2)10-8(3)5-4-6-9(10)11;1-8(2)10-7-5-4-6-9(10)3/h6-8,10-11H,9H2,1-5H3;7-10H,5-6H2,1-4H3;4-6,8,12H,7H2,1-3H3;5-9H,4H2,1-3H3;5-8H,1-4H3;4-7H,1-3H3;3-5,7,12H,6H2,1-2H3;4-7H,1-3H3;4-8H,1-3H3. The minimum Gasteiger partial charge on any atom is -0.494 e. The highest BCUT2D eigenvalue weighted by molar-refractivity contribution is 6.31. The Kier molecular flexibility index (Phi) is 47.4. The molecule has 0 unspecified atom stereocenters. The van der Waals surface area contributed by atoms with Crippen LogP contribution in [0.3, 0.4) is 0 Å². The Morgan fingerprint density at radius 1 is 0.290 bits per heavy atom. The highest BCUT2D eigenvalue weighted by Gasteiger charge is 2.15. The van der Waals surface area contributed by atoms with Crippen LogP contribution in [0.2, 0.25) is 5.02 Å². The van der Waals surface area contributed by atoms with E-state index < -0.39 is 0 Å². The Hall–Kier alpha value is -7.35. The van der Waals surface area contributed by atoms with Crippen molar-refractivity contribution in [3.05, 3.63) is 304 Å². The lowest BCUT2D eigenvalue weighted by Crippen LogP contribution is -2.07. The van der Waals surface area contributed by atoms with Gasteiger partial charge in [0.05, 0.1) is 26.4 Å². The molecule has 0 aliphatic carbocycles. The summed E-state index contributed by atoms with van der Waals surface area (Å²) < 4.78 is 37.6. The molecule has 0 amide bonds. The molecule has 107 heavy (non-hydrogen) atoms. The molecule has 9 aromatic rings. The van der Waals surface area contributed by atoms with Crippen LogP contribution in [0.5, 0.6) is 11.5 Å². The Labute approximate surface area is 657 Å². The van der Waals surface area contributed by atoms with Gasteiger partial charge in [-0.2, -0.15) is 0 Å². The number of benzene rings is 9. The van der Waals surface area contributed by atoms with E-state index in [0.717, 1.165) is 59.3 Å². The van der Waals surface area contributed by atoms with Gasteiger partial charge in [0, 0.05) is 5.02 Å². The van der Waals surface area contributed by atoms with Gasteiger partial charge in [-0.15, -0.1) is 0 Å². The van der Waals surface area contributed by atoms with Gasteiger partial charge in [-0.05, 0) is 269 Å². The summed E-state index contributed by atoms with van der Waals surface area (Å²) in [6.07, 6.45) is 2.31. The molecule has 0 aliphatic heterocycles. The molecular formula is C100H143ClF2O4. The second-order valence-corrected chi connectivity index (χ2v) is 31.5. The molecule has 2 N–H and O–H groups in total. The molecule has 0 heterocycles.